The average molecular weight is 282 g/mol. The molecule has 0 aliphatic carbocycles. The van der Waals surface area contributed by atoms with Crippen LogP contribution in [-0.4, -0.2) is 40.9 Å². The fourth-order valence-corrected chi connectivity index (χ4v) is 2.24. The van der Waals surface area contributed by atoms with Gasteiger partial charge < -0.3 is 19.7 Å². The highest BCUT2D eigenvalue weighted by Crippen LogP contribution is 2.19. The van der Waals surface area contributed by atoms with E-state index in [1.807, 2.05) is 0 Å². The number of rotatable bonds is 5. The zero-order chi connectivity index (χ0) is 14.7. The van der Waals surface area contributed by atoms with E-state index in [1.165, 1.54) is 0 Å². The fourth-order valence-electron chi connectivity index (χ4n) is 2.24. The van der Waals surface area contributed by atoms with Crippen LogP contribution in [-0.2, 0) is 20.7 Å². The molecule has 7 heteroatoms. The van der Waals surface area contributed by atoms with Crippen molar-refractivity contribution in [3.63, 3.8) is 0 Å². The van der Waals surface area contributed by atoms with Gasteiger partial charge in [0.1, 0.15) is 5.76 Å². The van der Waals surface area contributed by atoms with E-state index in [0.717, 1.165) is 5.56 Å². The maximum Gasteiger partial charge on any atom is 0.332 e. The number of hydrogen-bond donors (Lipinski definition) is 2. The van der Waals surface area contributed by atoms with E-state index < -0.39 is 12.1 Å². The molecule has 1 aromatic rings. The molecule has 2 atom stereocenters. The van der Waals surface area contributed by atoms with Crippen molar-refractivity contribution in [1.29, 1.82) is 0 Å². The minimum Gasteiger partial charge on any atom is -0.479 e. The Bertz CT molecular complexity index is 491. The summed E-state index contributed by atoms with van der Waals surface area (Å²) in [6.45, 7) is 3.88. The Morgan fingerprint density at radius 3 is 2.70 bits per heavy atom. The van der Waals surface area contributed by atoms with Crippen LogP contribution in [0.3, 0.4) is 0 Å². The zero-order valence-corrected chi connectivity index (χ0v) is 11.5. The number of ether oxygens (including phenoxy) is 1. The third kappa shape index (κ3) is 3.36. The zero-order valence-electron chi connectivity index (χ0n) is 11.5. The summed E-state index contributed by atoms with van der Waals surface area (Å²) in [6.07, 6.45) is 0.350. The monoisotopic (exact) mass is 282 g/mol. The number of carboxylic acid groups (broad SMARTS) is 1. The fraction of sp³-hybridized carbons (Fsp3) is 0.615. The summed E-state index contributed by atoms with van der Waals surface area (Å²) < 4.78 is 10.3. The number of carbonyl (C=O) groups excluding carboxylic acids is 1. The molecule has 1 amide bonds. The minimum absolute atomic E-state index is 0.151. The van der Waals surface area contributed by atoms with Crippen molar-refractivity contribution in [2.75, 3.05) is 6.54 Å². The summed E-state index contributed by atoms with van der Waals surface area (Å²) in [6, 6.07) is 0. The number of nitrogens with zero attached hydrogens (tertiary/aromatic N) is 1. The molecule has 0 aromatic carbocycles. The van der Waals surface area contributed by atoms with Crippen molar-refractivity contribution >= 4 is 11.9 Å². The lowest BCUT2D eigenvalue weighted by molar-refractivity contribution is -0.149. The highest BCUT2D eigenvalue weighted by atomic mass is 16.5. The summed E-state index contributed by atoms with van der Waals surface area (Å²) in [5, 5.41) is 15.4. The molecule has 0 saturated carbocycles. The van der Waals surface area contributed by atoms with E-state index in [1.54, 1.807) is 13.8 Å². The van der Waals surface area contributed by atoms with E-state index in [2.05, 4.69) is 10.5 Å². The molecular formula is C13H18N2O5. The van der Waals surface area contributed by atoms with Crippen LogP contribution < -0.4 is 5.32 Å². The molecule has 110 valence electrons. The highest BCUT2D eigenvalue weighted by molar-refractivity contribution is 5.79. The summed E-state index contributed by atoms with van der Waals surface area (Å²) in [5.41, 5.74) is 1.50. The number of amides is 1. The van der Waals surface area contributed by atoms with Crippen molar-refractivity contribution in [3.8, 4) is 0 Å². The second kappa shape index (κ2) is 6.04. The van der Waals surface area contributed by atoms with E-state index >= 15 is 0 Å². The molecule has 1 aromatic heterocycles. The van der Waals surface area contributed by atoms with E-state index in [0.29, 0.717) is 30.8 Å². The molecule has 1 saturated heterocycles. The van der Waals surface area contributed by atoms with Gasteiger partial charge >= 0.3 is 5.97 Å². The maximum atomic E-state index is 11.8. The van der Waals surface area contributed by atoms with E-state index in [9.17, 15) is 9.59 Å². The number of aryl methyl sites for hydroxylation is 2. The maximum absolute atomic E-state index is 11.8. The van der Waals surface area contributed by atoms with Gasteiger partial charge in [0.05, 0.1) is 18.2 Å². The van der Waals surface area contributed by atoms with Crippen molar-refractivity contribution in [2.24, 2.45) is 0 Å². The summed E-state index contributed by atoms with van der Waals surface area (Å²) >= 11 is 0. The van der Waals surface area contributed by atoms with Crippen molar-refractivity contribution in [1.82, 2.24) is 10.5 Å². The Balaban J connectivity index is 1.78. The molecular weight excluding hydrogens is 264 g/mol. The molecule has 2 heterocycles. The van der Waals surface area contributed by atoms with Gasteiger partial charge in [-0.05, 0) is 26.7 Å². The third-order valence-corrected chi connectivity index (χ3v) is 3.43. The standard InChI is InChI=1S/C13H18N2O5/c1-7-10(8(2)20-15-7)5-12(16)14-6-9-3-4-11(19-9)13(17)18/h9,11H,3-6H2,1-2H3,(H,14,16)(H,17,18). The minimum atomic E-state index is -0.949. The lowest BCUT2D eigenvalue weighted by Crippen LogP contribution is -2.34. The van der Waals surface area contributed by atoms with Crippen molar-refractivity contribution in [2.45, 2.75) is 45.3 Å². The molecule has 2 unspecified atom stereocenters. The molecule has 2 rings (SSSR count). The van der Waals surface area contributed by atoms with E-state index in [4.69, 9.17) is 14.4 Å². The molecule has 1 aliphatic rings. The van der Waals surface area contributed by atoms with Gasteiger partial charge in [-0.25, -0.2) is 4.79 Å². The molecule has 1 aliphatic heterocycles. The number of carboxylic acids is 1. The van der Waals surface area contributed by atoms with Crippen LogP contribution in [0.5, 0.6) is 0 Å². The number of aliphatic carboxylic acids is 1. The lowest BCUT2D eigenvalue weighted by atomic mass is 10.1. The largest absolute Gasteiger partial charge is 0.479 e. The smallest absolute Gasteiger partial charge is 0.332 e. The number of carbonyl (C=O) groups is 2. The average Bonchev–Trinajstić information content (AvgIpc) is 2.98. The predicted molar refractivity (Wildman–Crippen MR) is 68.2 cm³/mol. The Hall–Kier alpha value is -1.89. The third-order valence-electron chi connectivity index (χ3n) is 3.43. The van der Waals surface area contributed by atoms with E-state index in [-0.39, 0.29) is 18.4 Å². The Kier molecular flexibility index (Phi) is 4.39. The Labute approximate surface area is 116 Å². The van der Waals surface area contributed by atoms with Gasteiger partial charge in [0.25, 0.3) is 0 Å². The van der Waals surface area contributed by atoms with Crippen LogP contribution in [0, 0.1) is 13.8 Å². The van der Waals surface area contributed by atoms with Gasteiger partial charge in [-0.3, -0.25) is 4.79 Å². The van der Waals surface area contributed by atoms with Crippen LogP contribution in [0.1, 0.15) is 29.9 Å². The van der Waals surface area contributed by atoms with Gasteiger partial charge in [-0.15, -0.1) is 0 Å². The Morgan fingerprint density at radius 2 is 2.15 bits per heavy atom. The van der Waals surface area contributed by atoms with Gasteiger partial charge in [0.2, 0.25) is 5.91 Å². The SMILES string of the molecule is Cc1noc(C)c1CC(=O)NCC1CCC(C(=O)O)O1. The molecule has 2 N–H and O–H groups in total. The first kappa shape index (κ1) is 14.5. The number of nitrogens with one attached hydrogen (secondary N) is 1. The number of aromatic nitrogens is 1. The molecule has 20 heavy (non-hydrogen) atoms. The normalized spacial score (nSPS) is 21.9. The van der Waals surface area contributed by atoms with Gasteiger partial charge in [0, 0.05) is 12.1 Å². The number of hydrogen-bond acceptors (Lipinski definition) is 5. The topological polar surface area (TPSA) is 102 Å². The molecule has 0 radical (unpaired) electrons. The second-order valence-electron chi connectivity index (χ2n) is 4.95. The van der Waals surface area contributed by atoms with Crippen LogP contribution in [0.15, 0.2) is 4.52 Å². The first-order valence-corrected chi connectivity index (χ1v) is 6.54. The molecule has 7 nitrogen and oxygen atoms in total. The predicted octanol–water partition coefficient (Wildman–Crippen LogP) is 0.582. The van der Waals surface area contributed by atoms with Gasteiger partial charge in [-0.2, -0.15) is 0 Å². The first-order valence-electron chi connectivity index (χ1n) is 6.54. The molecule has 0 spiro atoms. The van der Waals surface area contributed by atoms with Crippen LogP contribution in [0.4, 0.5) is 0 Å². The highest BCUT2D eigenvalue weighted by Gasteiger charge is 2.30. The molecule has 1 fully saturated rings. The van der Waals surface area contributed by atoms with Gasteiger partial charge in [-0.1, -0.05) is 5.16 Å². The van der Waals surface area contributed by atoms with Crippen LogP contribution >= 0.6 is 0 Å². The lowest BCUT2D eigenvalue weighted by Gasteiger charge is -2.12. The van der Waals surface area contributed by atoms with Crippen LogP contribution in [0.25, 0.3) is 0 Å². The summed E-state index contributed by atoms with van der Waals surface area (Å²) in [7, 11) is 0. The van der Waals surface area contributed by atoms with Crippen molar-refractivity contribution < 1.29 is 24.0 Å². The van der Waals surface area contributed by atoms with Crippen LogP contribution in [0.2, 0.25) is 0 Å². The summed E-state index contributed by atoms with van der Waals surface area (Å²) in [5.74, 6) is -0.461. The van der Waals surface area contributed by atoms with Crippen molar-refractivity contribution in [3.05, 3.63) is 17.0 Å². The molecule has 0 bridgehead atoms. The first-order chi connectivity index (χ1) is 9.47. The quantitative estimate of drug-likeness (QED) is 0.819. The van der Waals surface area contributed by atoms with Gasteiger partial charge in [0.15, 0.2) is 6.10 Å². The summed E-state index contributed by atoms with van der Waals surface area (Å²) in [4.78, 5) is 22.6. The Morgan fingerprint density at radius 1 is 1.40 bits per heavy atom. The second-order valence-corrected chi connectivity index (χ2v) is 4.95.